The van der Waals surface area contributed by atoms with Gasteiger partial charge in [-0.3, -0.25) is 0 Å². The topological polar surface area (TPSA) is 35.2 Å². The van der Waals surface area contributed by atoms with E-state index in [9.17, 15) is 8.78 Å². The largest absolute Gasteiger partial charge is 0.491 e. The van der Waals surface area contributed by atoms with E-state index in [4.69, 9.17) is 10.5 Å². The van der Waals surface area contributed by atoms with Gasteiger partial charge in [-0.2, -0.15) is 0 Å². The Kier molecular flexibility index (Phi) is 3.81. The molecule has 0 heterocycles. The first-order chi connectivity index (χ1) is 8.82. The molecule has 0 atom stereocenters. The molecule has 1 aliphatic carbocycles. The molecular weight excluding hydrogens is 248 g/mol. The van der Waals surface area contributed by atoms with Crippen LogP contribution >= 0.6 is 0 Å². The van der Waals surface area contributed by atoms with Crippen molar-refractivity contribution in [2.24, 2.45) is 5.73 Å². The predicted molar refractivity (Wildman–Crippen MR) is 71.5 cm³/mol. The highest BCUT2D eigenvalue weighted by Gasteiger charge is 2.43. The molecule has 2 N–H and O–H groups in total. The lowest BCUT2D eigenvalue weighted by Crippen LogP contribution is -2.43. The molecule has 2 rings (SSSR count). The smallest absolute Gasteiger partial charge is 0.248 e. The molecule has 1 fully saturated rings. The quantitative estimate of drug-likeness (QED) is 0.905. The van der Waals surface area contributed by atoms with E-state index in [1.165, 1.54) is 0 Å². The Balaban J connectivity index is 2.26. The molecule has 0 bridgehead atoms. The molecule has 1 aromatic rings. The van der Waals surface area contributed by atoms with E-state index in [-0.39, 0.29) is 18.9 Å². The van der Waals surface area contributed by atoms with Gasteiger partial charge < -0.3 is 10.5 Å². The number of rotatable bonds is 3. The van der Waals surface area contributed by atoms with Crippen LogP contribution in [0.3, 0.4) is 0 Å². The molecule has 1 aromatic carbocycles. The van der Waals surface area contributed by atoms with Crippen molar-refractivity contribution in [3.05, 3.63) is 29.8 Å². The van der Waals surface area contributed by atoms with Crippen molar-refractivity contribution in [1.82, 2.24) is 0 Å². The molecule has 0 unspecified atom stereocenters. The molecule has 0 aromatic heterocycles. The van der Waals surface area contributed by atoms with Gasteiger partial charge >= 0.3 is 0 Å². The SMILES string of the molecule is CC(C)Oc1ccccc1C1(N)CCC(F)(F)CC1. The fourth-order valence-corrected chi connectivity index (χ4v) is 2.57. The molecule has 0 aliphatic heterocycles. The zero-order valence-electron chi connectivity index (χ0n) is 11.5. The standard InChI is InChI=1S/C15H21F2NO/c1-11(2)19-13-6-4-3-5-12(13)14(18)7-9-15(16,17)10-8-14/h3-6,11H,7-10,18H2,1-2H3. The van der Waals surface area contributed by atoms with Gasteiger partial charge in [0.2, 0.25) is 5.92 Å². The second kappa shape index (κ2) is 5.08. The van der Waals surface area contributed by atoms with Crippen molar-refractivity contribution in [2.75, 3.05) is 0 Å². The van der Waals surface area contributed by atoms with E-state index < -0.39 is 11.5 Å². The molecule has 1 saturated carbocycles. The first-order valence-electron chi connectivity index (χ1n) is 6.75. The summed E-state index contributed by atoms with van der Waals surface area (Å²) in [7, 11) is 0. The van der Waals surface area contributed by atoms with Crippen molar-refractivity contribution in [3.8, 4) is 5.75 Å². The summed E-state index contributed by atoms with van der Waals surface area (Å²) in [6.07, 6.45) is 0.311. The third-order valence-electron chi connectivity index (χ3n) is 3.66. The molecular formula is C15H21F2NO. The molecule has 19 heavy (non-hydrogen) atoms. The van der Waals surface area contributed by atoms with Gasteiger partial charge in [-0.05, 0) is 32.8 Å². The Morgan fingerprint density at radius 2 is 1.68 bits per heavy atom. The number of ether oxygens (including phenoxy) is 1. The summed E-state index contributed by atoms with van der Waals surface area (Å²) in [5, 5.41) is 0. The summed E-state index contributed by atoms with van der Waals surface area (Å²) in [5.41, 5.74) is 6.51. The number of alkyl halides is 2. The first kappa shape index (κ1) is 14.3. The van der Waals surface area contributed by atoms with Gasteiger partial charge in [0.05, 0.1) is 6.10 Å². The Hall–Kier alpha value is -1.16. The Morgan fingerprint density at radius 1 is 1.11 bits per heavy atom. The average molecular weight is 269 g/mol. The molecule has 0 radical (unpaired) electrons. The monoisotopic (exact) mass is 269 g/mol. The highest BCUT2D eigenvalue weighted by Crippen LogP contribution is 2.44. The maximum absolute atomic E-state index is 13.3. The van der Waals surface area contributed by atoms with Crippen LogP contribution in [0.1, 0.15) is 45.1 Å². The number of para-hydroxylation sites is 1. The van der Waals surface area contributed by atoms with E-state index in [2.05, 4.69) is 0 Å². The van der Waals surface area contributed by atoms with E-state index in [0.29, 0.717) is 18.6 Å². The van der Waals surface area contributed by atoms with Crippen LogP contribution in [0.2, 0.25) is 0 Å². The first-order valence-corrected chi connectivity index (χ1v) is 6.75. The lowest BCUT2D eigenvalue weighted by atomic mass is 9.75. The minimum absolute atomic E-state index is 0.0368. The van der Waals surface area contributed by atoms with Gasteiger partial charge in [-0.1, -0.05) is 18.2 Å². The van der Waals surface area contributed by atoms with Gasteiger partial charge in [0.1, 0.15) is 5.75 Å². The van der Waals surface area contributed by atoms with E-state index >= 15 is 0 Å². The van der Waals surface area contributed by atoms with E-state index in [0.717, 1.165) is 5.56 Å². The van der Waals surface area contributed by atoms with Crippen molar-refractivity contribution in [3.63, 3.8) is 0 Å². The maximum atomic E-state index is 13.3. The van der Waals surface area contributed by atoms with Crippen molar-refractivity contribution < 1.29 is 13.5 Å². The number of nitrogens with two attached hydrogens (primary N) is 1. The summed E-state index contributed by atoms with van der Waals surface area (Å²) in [5.74, 6) is -1.86. The zero-order valence-corrected chi connectivity index (χ0v) is 11.5. The lowest BCUT2D eigenvalue weighted by Gasteiger charge is -2.38. The highest BCUT2D eigenvalue weighted by molar-refractivity contribution is 5.39. The van der Waals surface area contributed by atoms with Gasteiger partial charge in [-0.25, -0.2) is 8.78 Å². The van der Waals surface area contributed by atoms with Crippen molar-refractivity contribution in [1.29, 1.82) is 0 Å². The van der Waals surface area contributed by atoms with Crippen LogP contribution in [-0.4, -0.2) is 12.0 Å². The average Bonchev–Trinajstić information content (AvgIpc) is 2.33. The van der Waals surface area contributed by atoms with Gasteiger partial charge in [0, 0.05) is 23.9 Å². The van der Waals surface area contributed by atoms with Crippen LogP contribution < -0.4 is 10.5 Å². The molecule has 0 saturated heterocycles. The molecule has 106 valence electrons. The van der Waals surface area contributed by atoms with Gasteiger partial charge in [-0.15, -0.1) is 0 Å². The van der Waals surface area contributed by atoms with Gasteiger partial charge in [0.25, 0.3) is 0 Å². The second-order valence-electron chi connectivity index (χ2n) is 5.67. The summed E-state index contributed by atoms with van der Waals surface area (Å²) in [6, 6.07) is 7.50. The summed E-state index contributed by atoms with van der Waals surface area (Å²) in [6.45, 7) is 3.88. The fourth-order valence-electron chi connectivity index (χ4n) is 2.57. The predicted octanol–water partition coefficient (Wildman–Crippen LogP) is 3.84. The molecule has 0 spiro atoms. The van der Waals surface area contributed by atoms with Crippen LogP contribution in [0.25, 0.3) is 0 Å². The van der Waals surface area contributed by atoms with Crippen LogP contribution in [-0.2, 0) is 5.54 Å². The van der Waals surface area contributed by atoms with Crippen molar-refractivity contribution >= 4 is 0 Å². The number of hydrogen-bond acceptors (Lipinski definition) is 2. The van der Waals surface area contributed by atoms with E-state index in [1.54, 1.807) is 0 Å². The van der Waals surface area contributed by atoms with Crippen LogP contribution in [0.5, 0.6) is 5.75 Å². The molecule has 2 nitrogen and oxygen atoms in total. The third kappa shape index (κ3) is 3.24. The normalized spacial score (nSPS) is 21.4. The third-order valence-corrected chi connectivity index (χ3v) is 3.66. The Bertz CT molecular complexity index is 436. The van der Waals surface area contributed by atoms with Crippen LogP contribution in [0, 0.1) is 0 Å². The lowest BCUT2D eigenvalue weighted by molar-refractivity contribution is -0.0517. The Morgan fingerprint density at radius 3 is 2.26 bits per heavy atom. The summed E-state index contributed by atoms with van der Waals surface area (Å²) < 4.78 is 32.3. The number of hydrogen-bond donors (Lipinski definition) is 1. The summed E-state index contributed by atoms with van der Waals surface area (Å²) in [4.78, 5) is 0. The highest BCUT2D eigenvalue weighted by atomic mass is 19.3. The fraction of sp³-hybridized carbons (Fsp3) is 0.600. The molecule has 0 amide bonds. The molecule has 1 aliphatic rings. The minimum Gasteiger partial charge on any atom is -0.491 e. The van der Waals surface area contributed by atoms with Crippen molar-refractivity contribution in [2.45, 2.75) is 57.1 Å². The van der Waals surface area contributed by atoms with E-state index in [1.807, 2.05) is 38.1 Å². The minimum atomic E-state index is -2.57. The van der Waals surface area contributed by atoms with Crippen LogP contribution in [0.4, 0.5) is 8.78 Å². The number of halogens is 2. The second-order valence-corrected chi connectivity index (χ2v) is 5.67. The van der Waals surface area contributed by atoms with Gasteiger partial charge in [0.15, 0.2) is 0 Å². The molecule has 4 heteroatoms. The summed E-state index contributed by atoms with van der Waals surface area (Å²) >= 11 is 0. The number of benzene rings is 1. The maximum Gasteiger partial charge on any atom is 0.248 e. The van der Waals surface area contributed by atoms with Crippen LogP contribution in [0.15, 0.2) is 24.3 Å². The zero-order chi connectivity index (χ0) is 14.1. The Labute approximate surface area is 112 Å².